The molecule has 2 fully saturated rings. The Hall–Kier alpha value is -0.810. The average molecular weight is 358 g/mol. The maximum absolute atomic E-state index is 13.0. The van der Waals surface area contributed by atoms with Gasteiger partial charge in [0, 0.05) is 13.1 Å². The molecule has 128 valence electrons. The molecule has 0 bridgehead atoms. The number of carbonyl (C=O) groups excluding carboxylic acids is 1. The van der Waals surface area contributed by atoms with Crippen LogP contribution in [0.2, 0.25) is 5.02 Å². The van der Waals surface area contributed by atoms with Gasteiger partial charge in [-0.05, 0) is 49.9 Å². The van der Waals surface area contributed by atoms with E-state index in [1.807, 2.05) is 29.2 Å². The smallest absolute Gasteiger partial charge is 0.244 e. The van der Waals surface area contributed by atoms with Crippen molar-refractivity contribution >= 4 is 35.6 Å². The highest BCUT2D eigenvalue weighted by Crippen LogP contribution is 2.34. The highest BCUT2D eigenvalue weighted by atomic mass is 35.5. The Bertz CT molecular complexity index is 569. The average Bonchev–Trinajstić information content (AvgIpc) is 2.91. The van der Waals surface area contributed by atoms with Crippen molar-refractivity contribution in [1.29, 1.82) is 0 Å². The van der Waals surface area contributed by atoms with Gasteiger partial charge in [-0.3, -0.25) is 9.69 Å². The lowest BCUT2D eigenvalue weighted by Gasteiger charge is -2.37. The largest absolute Gasteiger partial charge is 0.330 e. The number of hydrogen-bond acceptors (Lipinski definition) is 3. The van der Waals surface area contributed by atoms with E-state index in [0.717, 1.165) is 44.6 Å². The first-order valence-electron chi connectivity index (χ1n) is 8.04. The second-order valence-electron chi connectivity index (χ2n) is 6.83. The Morgan fingerprint density at radius 1 is 1.35 bits per heavy atom. The van der Waals surface area contributed by atoms with Gasteiger partial charge in [0.2, 0.25) is 5.91 Å². The van der Waals surface area contributed by atoms with Gasteiger partial charge >= 0.3 is 0 Å². The Kier molecular flexibility index (Phi) is 5.95. The van der Waals surface area contributed by atoms with E-state index >= 15 is 0 Å². The van der Waals surface area contributed by atoms with Crippen LogP contribution < -0.4 is 10.6 Å². The van der Waals surface area contributed by atoms with Gasteiger partial charge in [-0.25, -0.2) is 0 Å². The fourth-order valence-electron chi connectivity index (χ4n) is 3.60. The molecule has 2 aliphatic rings. The van der Waals surface area contributed by atoms with E-state index in [9.17, 15) is 4.79 Å². The second-order valence-corrected chi connectivity index (χ2v) is 7.24. The summed E-state index contributed by atoms with van der Waals surface area (Å²) in [6.07, 6.45) is 3.01. The second kappa shape index (κ2) is 7.39. The lowest BCUT2D eigenvalue weighted by atomic mass is 9.90. The minimum atomic E-state index is -0.0293. The third-order valence-electron chi connectivity index (χ3n) is 5.07. The number of nitrogens with two attached hydrogens (primary N) is 1. The molecular weight excluding hydrogens is 333 g/mol. The summed E-state index contributed by atoms with van der Waals surface area (Å²) in [5.74, 6) is 0.181. The molecule has 6 heteroatoms. The molecule has 0 spiro atoms. The normalized spacial score (nSPS) is 28.7. The van der Waals surface area contributed by atoms with Crippen molar-refractivity contribution in [3.05, 3.63) is 29.3 Å². The molecule has 3 rings (SSSR count). The van der Waals surface area contributed by atoms with Crippen molar-refractivity contribution in [2.24, 2.45) is 11.1 Å². The van der Waals surface area contributed by atoms with Gasteiger partial charge < -0.3 is 10.6 Å². The molecule has 0 aliphatic carbocycles. The van der Waals surface area contributed by atoms with Crippen molar-refractivity contribution in [2.45, 2.75) is 32.2 Å². The zero-order chi connectivity index (χ0) is 15.7. The number of halogens is 2. The minimum Gasteiger partial charge on any atom is -0.330 e. The van der Waals surface area contributed by atoms with Gasteiger partial charge in [-0.1, -0.05) is 30.7 Å². The topological polar surface area (TPSA) is 49.6 Å². The summed E-state index contributed by atoms with van der Waals surface area (Å²) in [5, 5.41) is 0.643. The quantitative estimate of drug-likeness (QED) is 0.904. The number of nitrogens with zero attached hydrogens (tertiary/aromatic N) is 2. The number of benzene rings is 1. The summed E-state index contributed by atoms with van der Waals surface area (Å²) in [6, 6.07) is 7.56. The van der Waals surface area contributed by atoms with E-state index in [1.165, 1.54) is 0 Å². The molecule has 2 unspecified atom stereocenters. The highest BCUT2D eigenvalue weighted by Gasteiger charge is 2.41. The molecular formula is C17H25Cl2N3O. The van der Waals surface area contributed by atoms with Crippen molar-refractivity contribution in [3.8, 4) is 0 Å². The number of rotatable bonds is 3. The Morgan fingerprint density at radius 3 is 2.74 bits per heavy atom. The number of amides is 1. The third-order valence-corrected chi connectivity index (χ3v) is 5.39. The van der Waals surface area contributed by atoms with E-state index in [-0.39, 0.29) is 29.8 Å². The van der Waals surface area contributed by atoms with Crippen LogP contribution in [0.4, 0.5) is 5.69 Å². The van der Waals surface area contributed by atoms with Crippen molar-refractivity contribution < 1.29 is 4.79 Å². The lowest BCUT2D eigenvalue weighted by molar-refractivity contribution is -0.125. The fraction of sp³-hybridized carbons (Fsp3) is 0.588. The summed E-state index contributed by atoms with van der Waals surface area (Å²) in [4.78, 5) is 17.1. The van der Waals surface area contributed by atoms with Crippen LogP contribution in [0.1, 0.15) is 26.2 Å². The fourth-order valence-corrected chi connectivity index (χ4v) is 3.84. The third kappa shape index (κ3) is 3.66. The molecule has 23 heavy (non-hydrogen) atoms. The maximum Gasteiger partial charge on any atom is 0.244 e. The molecule has 1 aromatic carbocycles. The van der Waals surface area contributed by atoms with Crippen LogP contribution in [0.5, 0.6) is 0 Å². The predicted octanol–water partition coefficient (Wildman–Crippen LogP) is 2.93. The molecule has 2 saturated heterocycles. The van der Waals surface area contributed by atoms with Gasteiger partial charge in [0.15, 0.2) is 0 Å². The number of piperidine rings is 1. The summed E-state index contributed by atoms with van der Waals surface area (Å²) in [7, 11) is 0. The van der Waals surface area contributed by atoms with Crippen molar-refractivity contribution in [3.63, 3.8) is 0 Å². The number of hydrogen-bond donors (Lipinski definition) is 1. The first kappa shape index (κ1) is 18.5. The van der Waals surface area contributed by atoms with Gasteiger partial charge in [0.1, 0.15) is 0 Å². The molecule has 4 nitrogen and oxygen atoms in total. The number of anilines is 1. The molecule has 0 radical (unpaired) electrons. The van der Waals surface area contributed by atoms with Crippen molar-refractivity contribution in [2.75, 3.05) is 31.1 Å². The molecule has 1 amide bonds. The molecule has 0 aromatic heterocycles. The Balaban J connectivity index is 0.00000192. The van der Waals surface area contributed by atoms with Crippen LogP contribution in [0, 0.1) is 5.41 Å². The SMILES string of the molecule is CC1(CN)CCN(C2CCCN(c3ccccc3Cl)C2=O)C1.Cl. The summed E-state index contributed by atoms with van der Waals surface area (Å²) in [6.45, 7) is 5.52. The minimum absolute atomic E-state index is 0. The van der Waals surface area contributed by atoms with Crippen LogP contribution in [-0.2, 0) is 4.79 Å². The first-order valence-corrected chi connectivity index (χ1v) is 8.42. The maximum atomic E-state index is 13.0. The lowest BCUT2D eigenvalue weighted by Crippen LogP contribution is -2.52. The number of likely N-dealkylation sites (tertiary alicyclic amines) is 1. The van der Waals surface area contributed by atoms with E-state index in [1.54, 1.807) is 0 Å². The van der Waals surface area contributed by atoms with E-state index in [4.69, 9.17) is 17.3 Å². The summed E-state index contributed by atoms with van der Waals surface area (Å²) < 4.78 is 0. The molecule has 2 atom stereocenters. The van der Waals surface area contributed by atoms with E-state index in [2.05, 4.69) is 11.8 Å². The van der Waals surface area contributed by atoms with Crippen LogP contribution in [-0.4, -0.2) is 43.0 Å². The zero-order valence-electron chi connectivity index (χ0n) is 13.5. The van der Waals surface area contributed by atoms with E-state index < -0.39 is 0 Å². The van der Waals surface area contributed by atoms with Gasteiger partial charge in [0.25, 0.3) is 0 Å². The Labute approximate surface area is 149 Å². The summed E-state index contributed by atoms with van der Waals surface area (Å²) >= 11 is 6.27. The summed E-state index contributed by atoms with van der Waals surface area (Å²) in [5.41, 5.74) is 6.87. The zero-order valence-corrected chi connectivity index (χ0v) is 15.1. The van der Waals surface area contributed by atoms with Crippen molar-refractivity contribution in [1.82, 2.24) is 4.90 Å². The molecule has 0 saturated carbocycles. The van der Waals surface area contributed by atoms with Gasteiger partial charge in [-0.15, -0.1) is 12.4 Å². The van der Waals surface area contributed by atoms with Gasteiger partial charge in [0.05, 0.1) is 16.8 Å². The van der Waals surface area contributed by atoms with Crippen LogP contribution in [0.15, 0.2) is 24.3 Å². The standard InChI is InChI=1S/C17H24ClN3O.ClH/c1-17(11-19)8-10-20(12-17)15-7-4-9-21(16(15)22)14-6-3-2-5-13(14)18;/h2-3,5-6,15H,4,7-12,19H2,1H3;1H. The first-order chi connectivity index (χ1) is 10.5. The predicted molar refractivity (Wildman–Crippen MR) is 97.4 cm³/mol. The van der Waals surface area contributed by atoms with Crippen LogP contribution in [0.25, 0.3) is 0 Å². The molecule has 1 aromatic rings. The molecule has 2 N–H and O–H groups in total. The Morgan fingerprint density at radius 2 is 2.09 bits per heavy atom. The molecule has 2 aliphatic heterocycles. The number of carbonyl (C=O) groups is 1. The monoisotopic (exact) mass is 357 g/mol. The van der Waals surface area contributed by atoms with Crippen LogP contribution in [0.3, 0.4) is 0 Å². The van der Waals surface area contributed by atoms with Crippen LogP contribution >= 0.6 is 24.0 Å². The highest BCUT2D eigenvalue weighted by molar-refractivity contribution is 6.33. The van der Waals surface area contributed by atoms with E-state index in [0.29, 0.717) is 11.6 Å². The van der Waals surface area contributed by atoms with Gasteiger partial charge in [-0.2, -0.15) is 0 Å². The molecule has 2 heterocycles. The number of para-hydroxylation sites is 1.